The Labute approximate surface area is 104 Å². The van der Waals surface area contributed by atoms with Crippen LogP contribution in [0.15, 0.2) is 35.6 Å². The third kappa shape index (κ3) is 2.37. The Balaban J connectivity index is 2.27. The van der Waals surface area contributed by atoms with Crippen LogP contribution >= 0.6 is 11.8 Å². The molecule has 90 valence electrons. The van der Waals surface area contributed by atoms with Crippen LogP contribution in [0.3, 0.4) is 0 Å². The SMILES string of the molecule is CC(=O)C1=C(O)C(c2ccc(CO)cc2)SC1. The summed E-state index contributed by atoms with van der Waals surface area (Å²) in [6, 6.07) is 7.41. The maximum absolute atomic E-state index is 11.3. The Morgan fingerprint density at radius 3 is 2.53 bits per heavy atom. The molecule has 0 spiro atoms. The summed E-state index contributed by atoms with van der Waals surface area (Å²) in [5.74, 6) is 0.678. The normalized spacial score (nSPS) is 19.8. The van der Waals surface area contributed by atoms with Crippen LogP contribution in [0, 0.1) is 0 Å². The summed E-state index contributed by atoms with van der Waals surface area (Å²) in [6.07, 6.45) is 0. The summed E-state index contributed by atoms with van der Waals surface area (Å²) < 4.78 is 0. The molecule has 1 atom stereocenters. The zero-order valence-corrected chi connectivity index (χ0v) is 10.3. The lowest BCUT2D eigenvalue weighted by atomic mass is 10.0. The average molecular weight is 250 g/mol. The molecule has 17 heavy (non-hydrogen) atoms. The van der Waals surface area contributed by atoms with Crippen molar-refractivity contribution in [2.75, 3.05) is 5.75 Å². The van der Waals surface area contributed by atoms with Crippen molar-refractivity contribution in [2.45, 2.75) is 18.8 Å². The molecule has 0 radical (unpaired) electrons. The molecule has 1 aromatic rings. The van der Waals surface area contributed by atoms with E-state index in [-0.39, 0.29) is 23.4 Å². The number of hydrogen-bond acceptors (Lipinski definition) is 4. The van der Waals surface area contributed by atoms with Crippen molar-refractivity contribution in [1.82, 2.24) is 0 Å². The highest BCUT2D eigenvalue weighted by atomic mass is 32.2. The lowest BCUT2D eigenvalue weighted by molar-refractivity contribution is -0.113. The molecule has 0 fully saturated rings. The molecule has 4 heteroatoms. The van der Waals surface area contributed by atoms with E-state index in [9.17, 15) is 9.90 Å². The van der Waals surface area contributed by atoms with E-state index in [1.165, 1.54) is 6.92 Å². The molecule has 0 aliphatic carbocycles. The van der Waals surface area contributed by atoms with Gasteiger partial charge in [-0.2, -0.15) is 0 Å². The fourth-order valence-electron chi connectivity index (χ4n) is 1.81. The van der Waals surface area contributed by atoms with E-state index in [1.807, 2.05) is 24.3 Å². The lowest BCUT2D eigenvalue weighted by Gasteiger charge is -2.10. The number of hydrogen-bond donors (Lipinski definition) is 2. The topological polar surface area (TPSA) is 57.5 Å². The number of rotatable bonds is 3. The van der Waals surface area contributed by atoms with Crippen LogP contribution < -0.4 is 0 Å². The standard InChI is InChI=1S/C13H14O3S/c1-8(15)11-7-17-13(12(11)16)10-4-2-9(6-14)3-5-10/h2-5,13-14,16H,6-7H2,1H3. The zero-order valence-electron chi connectivity index (χ0n) is 9.51. The third-order valence-corrected chi connectivity index (χ3v) is 4.13. The minimum absolute atomic E-state index is 0.0125. The van der Waals surface area contributed by atoms with Crippen molar-refractivity contribution in [3.8, 4) is 0 Å². The van der Waals surface area contributed by atoms with Crippen LogP contribution in [-0.4, -0.2) is 21.7 Å². The van der Waals surface area contributed by atoms with Gasteiger partial charge in [-0.05, 0) is 18.1 Å². The first-order chi connectivity index (χ1) is 8.13. The molecule has 0 saturated heterocycles. The first-order valence-electron chi connectivity index (χ1n) is 5.37. The van der Waals surface area contributed by atoms with Gasteiger partial charge in [-0.15, -0.1) is 11.8 Å². The molecular weight excluding hydrogens is 236 g/mol. The monoisotopic (exact) mass is 250 g/mol. The fourth-order valence-corrected chi connectivity index (χ4v) is 3.15. The van der Waals surface area contributed by atoms with E-state index in [0.29, 0.717) is 11.3 Å². The predicted octanol–water partition coefficient (Wildman–Crippen LogP) is 2.37. The van der Waals surface area contributed by atoms with Crippen molar-refractivity contribution in [1.29, 1.82) is 0 Å². The number of carbonyl (C=O) groups excluding carboxylic acids is 1. The molecule has 1 aliphatic heterocycles. The van der Waals surface area contributed by atoms with Gasteiger partial charge in [0.1, 0.15) is 5.76 Å². The van der Waals surface area contributed by atoms with Crippen molar-refractivity contribution in [3.63, 3.8) is 0 Å². The van der Waals surface area contributed by atoms with Crippen LogP contribution in [0.1, 0.15) is 23.3 Å². The summed E-state index contributed by atoms with van der Waals surface area (Å²) in [5.41, 5.74) is 2.32. The average Bonchev–Trinajstić information content (AvgIpc) is 2.71. The van der Waals surface area contributed by atoms with E-state index in [2.05, 4.69) is 0 Å². The number of Topliss-reactive ketones (excluding diaryl/α,β-unsaturated/α-hetero) is 1. The maximum Gasteiger partial charge on any atom is 0.160 e. The van der Waals surface area contributed by atoms with Gasteiger partial charge in [0, 0.05) is 11.3 Å². The third-order valence-electron chi connectivity index (χ3n) is 2.84. The molecule has 2 rings (SSSR count). The second-order valence-corrected chi connectivity index (χ2v) is 5.10. The van der Waals surface area contributed by atoms with Crippen LogP contribution in [0.5, 0.6) is 0 Å². The number of carbonyl (C=O) groups is 1. The second kappa shape index (κ2) is 4.94. The molecule has 1 unspecified atom stereocenters. The van der Waals surface area contributed by atoms with Crippen molar-refractivity contribution in [3.05, 3.63) is 46.7 Å². The first-order valence-corrected chi connectivity index (χ1v) is 6.42. The molecule has 3 nitrogen and oxygen atoms in total. The second-order valence-electron chi connectivity index (χ2n) is 4.01. The molecule has 1 aliphatic rings. The van der Waals surface area contributed by atoms with Gasteiger partial charge in [-0.1, -0.05) is 24.3 Å². The van der Waals surface area contributed by atoms with Crippen molar-refractivity contribution >= 4 is 17.5 Å². The van der Waals surface area contributed by atoms with Crippen LogP contribution in [0.4, 0.5) is 0 Å². The van der Waals surface area contributed by atoms with Crippen LogP contribution in [0.2, 0.25) is 0 Å². The van der Waals surface area contributed by atoms with Gasteiger partial charge in [0.05, 0.1) is 11.9 Å². The highest BCUT2D eigenvalue weighted by Crippen LogP contribution is 2.43. The smallest absolute Gasteiger partial charge is 0.160 e. The number of thioether (sulfide) groups is 1. The highest BCUT2D eigenvalue weighted by molar-refractivity contribution is 8.00. The number of aliphatic hydroxyl groups excluding tert-OH is 2. The summed E-state index contributed by atoms with van der Waals surface area (Å²) in [4.78, 5) is 11.3. The molecule has 0 saturated carbocycles. The van der Waals surface area contributed by atoms with Crippen LogP contribution in [0.25, 0.3) is 0 Å². The van der Waals surface area contributed by atoms with Gasteiger partial charge >= 0.3 is 0 Å². The fraction of sp³-hybridized carbons (Fsp3) is 0.308. The molecule has 1 heterocycles. The predicted molar refractivity (Wildman–Crippen MR) is 67.9 cm³/mol. The van der Waals surface area contributed by atoms with Crippen molar-refractivity contribution in [2.24, 2.45) is 0 Å². The van der Waals surface area contributed by atoms with Gasteiger partial charge in [-0.3, -0.25) is 4.79 Å². The van der Waals surface area contributed by atoms with Crippen molar-refractivity contribution < 1.29 is 15.0 Å². The Bertz CT molecular complexity index is 462. The minimum Gasteiger partial charge on any atom is -0.510 e. The Kier molecular flexibility index (Phi) is 3.54. The number of benzene rings is 1. The quantitative estimate of drug-likeness (QED) is 0.864. The molecule has 0 amide bonds. The lowest BCUT2D eigenvalue weighted by Crippen LogP contribution is -2.00. The van der Waals surface area contributed by atoms with E-state index in [0.717, 1.165) is 11.1 Å². The molecule has 0 aromatic heterocycles. The molecule has 1 aromatic carbocycles. The van der Waals surface area contributed by atoms with E-state index in [4.69, 9.17) is 5.11 Å². The minimum atomic E-state index is -0.151. The zero-order chi connectivity index (χ0) is 12.4. The number of aliphatic hydroxyl groups is 2. The van der Waals surface area contributed by atoms with Gasteiger partial charge in [0.25, 0.3) is 0 Å². The first kappa shape index (κ1) is 12.2. The summed E-state index contributed by atoms with van der Waals surface area (Å²) in [6.45, 7) is 1.49. The van der Waals surface area contributed by atoms with Gasteiger partial charge < -0.3 is 10.2 Å². The molecule has 2 N–H and O–H groups in total. The molecule has 0 bridgehead atoms. The number of ketones is 1. The van der Waals surface area contributed by atoms with Gasteiger partial charge in [0.15, 0.2) is 5.78 Å². The van der Waals surface area contributed by atoms with Gasteiger partial charge in [0.2, 0.25) is 0 Å². The Morgan fingerprint density at radius 2 is 2.06 bits per heavy atom. The van der Waals surface area contributed by atoms with E-state index < -0.39 is 0 Å². The maximum atomic E-state index is 11.3. The van der Waals surface area contributed by atoms with E-state index >= 15 is 0 Å². The highest BCUT2D eigenvalue weighted by Gasteiger charge is 2.29. The Morgan fingerprint density at radius 1 is 1.41 bits per heavy atom. The molecular formula is C13H14O3S. The van der Waals surface area contributed by atoms with Crippen LogP contribution in [-0.2, 0) is 11.4 Å². The Hall–Kier alpha value is -1.26. The summed E-state index contributed by atoms with van der Waals surface area (Å²) >= 11 is 1.55. The van der Waals surface area contributed by atoms with Gasteiger partial charge in [-0.25, -0.2) is 0 Å². The summed E-state index contributed by atoms with van der Waals surface area (Å²) in [5, 5.41) is 18.8. The largest absolute Gasteiger partial charge is 0.510 e. The summed E-state index contributed by atoms with van der Waals surface area (Å²) in [7, 11) is 0. The van der Waals surface area contributed by atoms with E-state index in [1.54, 1.807) is 11.8 Å².